The topological polar surface area (TPSA) is 50.3 Å². The second-order valence-corrected chi connectivity index (χ2v) is 4.74. The van der Waals surface area contributed by atoms with E-state index in [1.807, 2.05) is 0 Å². The van der Waals surface area contributed by atoms with Crippen molar-refractivity contribution < 1.29 is 14.0 Å². The molecule has 2 heterocycles. The van der Waals surface area contributed by atoms with Gasteiger partial charge in [-0.3, -0.25) is 19.5 Å². The molecule has 0 unspecified atom stereocenters. The molecule has 3 rings (SSSR count). The van der Waals surface area contributed by atoms with Crippen LogP contribution in [0.3, 0.4) is 0 Å². The zero-order valence-electron chi connectivity index (χ0n) is 10.1. The van der Waals surface area contributed by atoms with E-state index in [9.17, 15) is 14.0 Å². The number of fused-ring (bicyclic) bond motifs is 1. The molecule has 0 spiro atoms. The van der Waals surface area contributed by atoms with Crippen LogP contribution in [0.15, 0.2) is 36.7 Å². The number of halogens is 2. The predicted octanol–water partition coefficient (Wildman–Crippen LogP) is 2.60. The Bertz CT molecular complexity index is 719. The highest BCUT2D eigenvalue weighted by Gasteiger charge is 2.39. The van der Waals surface area contributed by atoms with Crippen LogP contribution in [0.1, 0.15) is 15.9 Å². The molecule has 0 aliphatic carbocycles. The molecule has 0 bridgehead atoms. The van der Waals surface area contributed by atoms with E-state index < -0.39 is 17.5 Å². The maximum Gasteiger partial charge on any atom is 0.299 e. The molecule has 1 aromatic carbocycles. The Hall–Kier alpha value is -2.27. The van der Waals surface area contributed by atoms with Gasteiger partial charge < -0.3 is 0 Å². The summed E-state index contributed by atoms with van der Waals surface area (Å²) in [6.07, 6.45) is 3.12. The van der Waals surface area contributed by atoms with E-state index in [1.54, 1.807) is 24.5 Å². The number of Topliss-reactive ketones (excluding diaryl/α,β-unsaturated/α-hetero) is 1. The number of benzene rings is 1. The molecule has 20 heavy (non-hydrogen) atoms. The van der Waals surface area contributed by atoms with Crippen molar-refractivity contribution in [2.75, 3.05) is 4.90 Å². The molecule has 1 amide bonds. The van der Waals surface area contributed by atoms with Crippen LogP contribution >= 0.6 is 11.6 Å². The van der Waals surface area contributed by atoms with Crippen molar-refractivity contribution in [2.45, 2.75) is 6.54 Å². The zero-order chi connectivity index (χ0) is 14.3. The molecular weight excluding hydrogens is 283 g/mol. The maximum atomic E-state index is 14.0. The molecule has 0 saturated heterocycles. The fourth-order valence-corrected chi connectivity index (χ4v) is 2.41. The Morgan fingerprint density at radius 1 is 1.15 bits per heavy atom. The summed E-state index contributed by atoms with van der Waals surface area (Å²) in [6, 6.07) is 5.81. The lowest BCUT2D eigenvalue weighted by Crippen LogP contribution is -2.29. The molecular formula is C14H8ClFN2O2. The molecule has 0 radical (unpaired) electrons. The zero-order valence-corrected chi connectivity index (χ0v) is 10.9. The van der Waals surface area contributed by atoms with Crippen LogP contribution in [-0.2, 0) is 11.3 Å². The monoisotopic (exact) mass is 290 g/mol. The second kappa shape index (κ2) is 4.68. The minimum atomic E-state index is -0.779. The first-order valence-electron chi connectivity index (χ1n) is 5.82. The van der Waals surface area contributed by atoms with Gasteiger partial charge in [0.1, 0.15) is 5.82 Å². The first-order valence-corrected chi connectivity index (χ1v) is 6.20. The van der Waals surface area contributed by atoms with Crippen molar-refractivity contribution >= 4 is 29.0 Å². The molecule has 1 aliphatic heterocycles. The quantitative estimate of drug-likeness (QED) is 0.799. The number of carbonyl (C=O) groups is 2. The van der Waals surface area contributed by atoms with Crippen LogP contribution < -0.4 is 4.90 Å². The summed E-state index contributed by atoms with van der Waals surface area (Å²) >= 11 is 5.89. The molecule has 100 valence electrons. The number of anilines is 1. The number of aromatic nitrogens is 1. The number of hydrogen-bond acceptors (Lipinski definition) is 3. The third-order valence-electron chi connectivity index (χ3n) is 3.10. The lowest BCUT2D eigenvalue weighted by molar-refractivity contribution is -0.114. The highest BCUT2D eigenvalue weighted by atomic mass is 35.5. The first-order chi connectivity index (χ1) is 9.59. The van der Waals surface area contributed by atoms with Crippen LogP contribution in [0.4, 0.5) is 10.1 Å². The van der Waals surface area contributed by atoms with Crippen LogP contribution in [0.25, 0.3) is 0 Å². The summed E-state index contributed by atoms with van der Waals surface area (Å²) in [5, 5.41) is 0.0805. The van der Waals surface area contributed by atoms with E-state index in [0.717, 1.165) is 16.5 Å². The Morgan fingerprint density at radius 2 is 1.85 bits per heavy atom. The summed E-state index contributed by atoms with van der Waals surface area (Å²) in [5.41, 5.74) is 0.628. The van der Waals surface area contributed by atoms with Gasteiger partial charge in [-0.05, 0) is 29.8 Å². The van der Waals surface area contributed by atoms with Gasteiger partial charge in [0, 0.05) is 12.4 Å². The van der Waals surface area contributed by atoms with E-state index in [4.69, 9.17) is 11.6 Å². The molecule has 1 aliphatic rings. The van der Waals surface area contributed by atoms with E-state index in [2.05, 4.69) is 4.98 Å². The van der Waals surface area contributed by atoms with Crippen molar-refractivity contribution in [3.63, 3.8) is 0 Å². The SMILES string of the molecule is O=C1C(=O)N(Cc2ccncc2)c2c(F)ccc(Cl)c21. The third kappa shape index (κ3) is 1.87. The Kier molecular flexibility index (Phi) is 2.99. The average molecular weight is 291 g/mol. The Balaban J connectivity index is 2.09. The highest BCUT2D eigenvalue weighted by Crippen LogP contribution is 2.37. The number of hydrogen-bond donors (Lipinski definition) is 0. The number of nitrogens with zero attached hydrogens (tertiary/aromatic N) is 2. The summed E-state index contributed by atoms with van der Waals surface area (Å²) in [7, 11) is 0. The largest absolute Gasteiger partial charge is 0.299 e. The summed E-state index contributed by atoms with van der Waals surface area (Å²) in [5.74, 6) is -2.19. The number of amides is 1. The van der Waals surface area contributed by atoms with Gasteiger partial charge in [0.25, 0.3) is 11.7 Å². The normalized spacial score (nSPS) is 13.8. The van der Waals surface area contributed by atoms with Gasteiger partial charge in [-0.2, -0.15) is 0 Å². The standard InChI is InChI=1S/C14H8ClFN2O2/c15-9-1-2-10(16)12-11(9)13(19)14(20)18(12)7-8-3-5-17-6-4-8/h1-6H,7H2. The summed E-state index contributed by atoms with van der Waals surface area (Å²) in [6.45, 7) is 0.0946. The Morgan fingerprint density at radius 3 is 2.55 bits per heavy atom. The maximum absolute atomic E-state index is 14.0. The third-order valence-corrected chi connectivity index (χ3v) is 3.42. The van der Waals surface area contributed by atoms with Crippen LogP contribution in [-0.4, -0.2) is 16.7 Å². The van der Waals surface area contributed by atoms with E-state index in [1.165, 1.54) is 6.07 Å². The molecule has 1 aromatic heterocycles. The lowest BCUT2D eigenvalue weighted by Gasteiger charge is -2.17. The van der Waals surface area contributed by atoms with E-state index in [-0.39, 0.29) is 22.8 Å². The minimum Gasteiger partial charge on any atom is -0.298 e. The molecule has 2 aromatic rings. The van der Waals surface area contributed by atoms with Gasteiger partial charge in [-0.1, -0.05) is 11.6 Å². The van der Waals surface area contributed by atoms with Crippen molar-refractivity contribution in [1.82, 2.24) is 4.98 Å². The van der Waals surface area contributed by atoms with Gasteiger partial charge in [0.15, 0.2) is 0 Å². The number of pyridine rings is 1. The number of rotatable bonds is 2. The van der Waals surface area contributed by atoms with E-state index in [0.29, 0.717) is 0 Å². The average Bonchev–Trinajstić information content (AvgIpc) is 2.70. The smallest absolute Gasteiger partial charge is 0.298 e. The van der Waals surface area contributed by atoms with Crippen LogP contribution in [0, 0.1) is 5.82 Å². The van der Waals surface area contributed by atoms with Gasteiger partial charge in [0.2, 0.25) is 0 Å². The van der Waals surface area contributed by atoms with Crippen LogP contribution in [0.5, 0.6) is 0 Å². The lowest BCUT2D eigenvalue weighted by atomic mass is 10.1. The predicted molar refractivity (Wildman–Crippen MR) is 71.2 cm³/mol. The van der Waals surface area contributed by atoms with Gasteiger partial charge >= 0.3 is 0 Å². The summed E-state index contributed by atoms with van der Waals surface area (Å²) < 4.78 is 14.0. The number of carbonyl (C=O) groups excluding carboxylic acids is 2. The fraction of sp³-hybridized carbons (Fsp3) is 0.0714. The Labute approximate surface area is 118 Å². The second-order valence-electron chi connectivity index (χ2n) is 4.33. The molecule has 0 atom stereocenters. The van der Waals surface area contributed by atoms with Crippen molar-refractivity contribution in [3.05, 3.63) is 58.6 Å². The minimum absolute atomic E-state index is 0.0516. The van der Waals surface area contributed by atoms with Crippen LogP contribution in [0.2, 0.25) is 5.02 Å². The first kappa shape index (κ1) is 12.7. The van der Waals surface area contributed by atoms with Crippen molar-refractivity contribution in [3.8, 4) is 0 Å². The number of ketones is 1. The summed E-state index contributed by atoms with van der Waals surface area (Å²) in [4.78, 5) is 28.9. The molecule has 4 nitrogen and oxygen atoms in total. The molecule has 0 fully saturated rings. The van der Waals surface area contributed by atoms with Crippen molar-refractivity contribution in [2.24, 2.45) is 0 Å². The van der Waals surface area contributed by atoms with E-state index >= 15 is 0 Å². The van der Waals surface area contributed by atoms with Gasteiger partial charge in [-0.25, -0.2) is 4.39 Å². The van der Waals surface area contributed by atoms with Crippen molar-refractivity contribution in [1.29, 1.82) is 0 Å². The fourth-order valence-electron chi connectivity index (χ4n) is 2.17. The molecule has 6 heteroatoms. The highest BCUT2D eigenvalue weighted by molar-refractivity contribution is 6.55. The molecule has 0 saturated carbocycles. The molecule has 0 N–H and O–H groups in total. The van der Waals surface area contributed by atoms with Gasteiger partial charge in [-0.15, -0.1) is 0 Å². The van der Waals surface area contributed by atoms with Gasteiger partial charge in [0.05, 0.1) is 22.8 Å².